The lowest BCUT2D eigenvalue weighted by atomic mass is 10.2. The minimum absolute atomic E-state index is 0.0854. The highest BCUT2D eigenvalue weighted by Gasteiger charge is 2.18. The molecule has 0 heterocycles. The third-order valence-corrected chi connectivity index (χ3v) is 3.54. The quantitative estimate of drug-likeness (QED) is 0.685. The first-order chi connectivity index (χ1) is 8.60. The SMILES string of the molecule is COCCN(CCBr)C(=O)c1cc(Br)ccc1Cl. The zero-order valence-corrected chi connectivity index (χ0v) is 13.9. The number of alkyl halides is 1. The summed E-state index contributed by atoms with van der Waals surface area (Å²) in [5.41, 5.74) is 0.503. The number of amides is 1. The molecule has 0 aliphatic carbocycles. The molecule has 0 aliphatic rings. The van der Waals surface area contributed by atoms with E-state index >= 15 is 0 Å². The second-order valence-corrected chi connectivity index (χ2v) is 5.71. The highest BCUT2D eigenvalue weighted by atomic mass is 79.9. The number of carbonyl (C=O) groups excluding carboxylic acids is 1. The largest absolute Gasteiger partial charge is 0.383 e. The Labute approximate surface area is 129 Å². The summed E-state index contributed by atoms with van der Waals surface area (Å²) in [7, 11) is 1.61. The van der Waals surface area contributed by atoms with Crippen molar-refractivity contribution in [2.45, 2.75) is 0 Å². The van der Waals surface area contributed by atoms with Gasteiger partial charge >= 0.3 is 0 Å². The van der Waals surface area contributed by atoms with Gasteiger partial charge in [-0.3, -0.25) is 4.79 Å². The summed E-state index contributed by atoms with van der Waals surface area (Å²) in [6.07, 6.45) is 0. The molecular weight excluding hydrogens is 385 g/mol. The maximum Gasteiger partial charge on any atom is 0.255 e. The molecule has 1 rings (SSSR count). The van der Waals surface area contributed by atoms with Crippen LogP contribution in [0.1, 0.15) is 10.4 Å². The number of benzene rings is 1. The zero-order valence-electron chi connectivity index (χ0n) is 9.96. The number of rotatable bonds is 6. The van der Waals surface area contributed by atoms with Gasteiger partial charge in [-0.25, -0.2) is 0 Å². The van der Waals surface area contributed by atoms with E-state index in [4.69, 9.17) is 16.3 Å². The van der Waals surface area contributed by atoms with Gasteiger partial charge < -0.3 is 9.64 Å². The van der Waals surface area contributed by atoms with Crippen LogP contribution in [0, 0.1) is 0 Å². The van der Waals surface area contributed by atoms with E-state index in [0.29, 0.717) is 35.6 Å². The zero-order chi connectivity index (χ0) is 13.5. The van der Waals surface area contributed by atoms with Crippen LogP contribution in [0.5, 0.6) is 0 Å². The van der Waals surface area contributed by atoms with Crippen molar-refractivity contribution in [3.63, 3.8) is 0 Å². The molecule has 0 aliphatic heterocycles. The minimum atomic E-state index is -0.0854. The van der Waals surface area contributed by atoms with Crippen molar-refractivity contribution >= 4 is 49.4 Å². The van der Waals surface area contributed by atoms with E-state index in [1.54, 1.807) is 24.1 Å². The number of hydrogen-bond acceptors (Lipinski definition) is 2. The summed E-state index contributed by atoms with van der Waals surface area (Å²) in [6, 6.07) is 5.25. The van der Waals surface area contributed by atoms with Crippen molar-refractivity contribution in [3.8, 4) is 0 Å². The molecule has 1 aromatic carbocycles. The third kappa shape index (κ3) is 4.53. The van der Waals surface area contributed by atoms with E-state index in [1.807, 2.05) is 6.07 Å². The fraction of sp³-hybridized carbons (Fsp3) is 0.417. The molecule has 18 heavy (non-hydrogen) atoms. The number of halogens is 3. The maximum atomic E-state index is 12.4. The average Bonchev–Trinajstić information content (AvgIpc) is 2.36. The summed E-state index contributed by atoms with van der Waals surface area (Å²) < 4.78 is 5.84. The van der Waals surface area contributed by atoms with Gasteiger partial charge in [0.05, 0.1) is 17.2 Å². The lowest BCUT2D eigenvalue weighted by Crippen LogP contribution is -2.35. The van der Waals surface area contributed by atoms with Crippen molar-refractivity contribution < 1.29 is 9.53 Å². The summed E-state index contributed by atoms with van der Waals surface area (Å²) >= 11 is 12.7. The van der Waals surface area contributed by atoms with Crippen LogP contribution in [0.4, 0.5) is 0 Å². The van der Waals surface area contributed by atoms with Crippen LogP contribution in [0.2, 0.25) is 5.02 Å². The smallest absolute Gasteiger partial charge is 0.255 e. The molecule has 0 N–H and O–H groups in total. The molecule has 0 unspecified atom stereocenters. The van der Waals surface area contributed by atoms with Gasteiger partial charge in [0.2, 0.25) is 0 Å². The van der Waals surface area contributed by atoms with Gasteiger partial charge in [0.1, 0.15) is 0 Å². The van der Waals surface area contributed by atoms with Gasteiger partial charge in [-0.05, 0) is 18.2 Å². The standard InChI is InChI=1S/C12H14Br2ClNO2/c1-18-7-6-16(5-4-13)12(17)10-8-9(14)2-3-11(10)15/h2-3,8H,4-7H2,1H3. The molecule has 0 fully saturated rings. The Bertz CT molecular complexity index is 415. The summed E-state index contributed by atoms with van der Waals surface area (Å²) in [6.45, 7) is 1.67. The van der Waals surface area contributed by atoms with E-state index in [0.717, 1.165) is 4.47 Å². The minimum Gasteiger partial charge on any atom is -0.383 e. The van der Waals surface area contributed by atoms with Crippen molar-refractivity contribution in [2.75, 3.05) is 32.1 Å². The lowest BCUT2D eigenvalue weighted by Gasteiger charge is -2.22. The molecule has 0 atom stereocenters. The van der Waals surface area contributed by atoms with Crippen LogP contribution >= 0.6 is 43.5 Å². The number of hydrogen-bond donors (Lipinski definition) is 0. The average molecular weight is 400 g/mol. The summed E-state index contributed by atoms with van der Waals surface area (Å²) in [5, 5.41) is 1.17. The van der Waals surface area contributed by atoms with Crippen molar-refractivity contribution in [1.82, 2.24) is 4.90 Å². The Balaban J connectivity index is 2.90. The maximum absolute atomic E-state index is 12.4. The Morgan fingerprint density at radius 3 is 2.78 bits per heavy atom. The van der Waals surface area contributed by atoms with E-state index in [2.05, 4.69) is 31.9 Å². The molecule has 6 heteroatoms. The van der Waals surface area contributed by atoms with E-state index < -0.39 is 0 Å². The van der Waals surface area contributed by atoms with Crippen LogP contribution in [0.3, 0.4) is 0 Å². The Kier molecular flexibility index (Phi) is 7.22. The highest BCUT2D eigenvalue weighted by Crippen LogP contribution is 2.22. The first-order valence-corrected chi connectivity index (χ1v) is 7.68. The molecule has 0 saturated heterocycles. The van der Waals surface area contributed by atoms with Gasteiger partial charge in [-0.2, -0.15) is 0 Å². The van der Waals surface area contributed by atoms with Crippen molar-refractivity contribution in [3.05, 3.63) is 33.3 Å². The molecule has 0 saturated carbocycles. The number of carbonyl (C=O) groups is 1. The molecule has 0 radical (unpaired) electrons. The van der Waals surface area contributed by atoms with Crippen LogP contribution in [-0.4, -0.2) is 42.9 Å². The lowest BCUT2D eigenvalue weighted by molar-refractivity contribution is 0.0709. The van der Waals surface area contributed by atoms with Crippen molar-refractivity contribution in [2.24, 2.45) is 0 Å². The number of methoxy groups -OCH3 is 1. The van der Waals surface area contributed by atoms with Gasteiger partial charge in [-0.15, -0.1) is 0 Å². The molecule has 100 valence electrons. The topological polar surface area (TPSA) is 29.5 Å². The molecule has 1 aromatic rings. The second kappa shape index (κ2) is 8.15. The third-order valence-electron chi connectivity index (χ3n) is 2.37. The van der Waals surface area contributed by atoms with E-state index in [9.17, 15) is 4.79 Å². The molecule has 0 bridgehead atoms. The number of nitrogens with zero attached hydrogens (tertiary/aromatic N) is 1. The monoisotopic (exact) mass is 397 g/mol. The molecule has 0 spiro atoms. The summed E-state index contributed by atoms with van der Waals surface area (Å²) in [4.78, 5) is 14.1. The fourth-order valence-electron chi connectivity index (χ4n) is 1.45. The van der Waals surface area contributed by atoms with E-state index in [-0.39, 0.29) is 5.91 Å². The Morgan fingerprint density at radius 2 is 2.17 bits per heavy atom. The normalized spacial score (nSPS) is 10.4. The van der Waals surface area contributed by atoms with Gasteiger partial charge in [0.15, 0.2) is 0 Å². The number of ether oxygens (including phenoxy) is 1. The molecule has 3 nitrogen and oxygen atoms in total. The Morgan fingerprint density at radius 1 is 1.44 bits per heavy atom. The van der Waals surface area contributed by atoms with Gasteiger partial charge in [-0.1, -0.05) is 43.5 Å². The highest BCUT2D eigenvalue weighted by molar-refractivity contribution is 9.10. The first kappa shape index (κ1) is 16.0. The van der Waals surface area contributed by atoms with Gasteiger partial charge in [0, 0.05) is 30.0 Å². The molecular formula is C12H14Br2ClNO2. The first-order valence-electron chi connectivity index (χ1n) is 5.39. The van der Waals surface area contributed by atoms with Crippen LogP contribution in [0.15, 0.2) is 22.7 Å². The van der Waals surface area contributed by atoms with Crippen LogP contribution in [0.25, 0.3) is 0 Å². The molecule has 0 aromatic heterocycles. The predicted molar refractivity (Wildman–Crippen MR) is 80.7 cm³/mol. The van der Waals surface area contributed by atoms with Gasteiger partial charge in [0.25, 0.3) is 5.91 Å². The van der Waals surface area contributed by atoms with E-state index in [1.165, 1.54) is 0 Å². The predicted octanol–water partition coefficient (Wildman–Crippen LogP) is 3.59. The molecule has 1 amide bonds. The van der Waals surface area contributed by atoms with Crippen molar-refractivity contribution in [1.29, 1.82) is 0 Å². The fourth-order valence-corrected chi connectivity index (χ4v) is 2.44. The second-order valence-electron chi connectivity index (χ2n) is 3.60. The van der Waals surface area contributed by atoms with Crippen LogP contribution in [-0.2, 0) is 4.74 Å². The Hall–Kier alpha value is -0.100. The van der Waals surface area contributed by atoms with Crippen LogP contribution < -0.4 is 0 Å². The summed E-state index contributed by atoms with van der Waals surface area (Å²) in [5.74, 6) is -0.0854.